The second-order valence-electron chi connectivity index (χ2n) is 4.71. The predicted molar refractivity (Wildman–Crippen MR) is 75.6 cm³/mol. The molecular weight excluding hydrogens is 300 g/mol. The second kappa shape index (κ2) is 6.66. The van der Waals surface area contributed by atoms with Gasteiger partial charge >= 0.3 is 0 Å². The zero-order valence-electron chi connectivity index (χ0n) is 10.2. The van der Waals surface area contributed by atoms with Gasteiger partial charge in [-0.05, 0) is 47.8 Å². The van der Waals surface area contributed by atoms with E-state index in [2.05, 4.69) is 43.3 Å². The average Bonchev–Trinajstić information content (AvgIpc) is 2.74. The SMILES string of the molecule is CC(CNc1nnc(Br)s1)CN1CCCCC1. The molecule has 0 aliphatic carbocycles. The fourth-order valence-corrected chi connectivity index (χ4v) is 3.20. The van der Waals surface area contributed by atoms with E-state index in [0.29, 0.717) is 5.92 Å². The average molecular weight is 319 g/mol. The Morgan fingerprint density at radius 2 is 2.12 bits per heavy atom. The van der Waals surface area contributed by atoms with Gasteiger partial charge in [0.15, 0.2) is 3.92 Å². The summed E-state index contributed by atoms with van der Waals surface area (Å²) in [6, 6.07) is 0. The summed E-state index contributed by atoms with van der Waals surface area (Å²) in [7, 11) is 0. The Bertz CT molecular complexity index is 338. The highest BCUT2D eigenvalue weighted by Crippen LogP contribution is 2.20. The number of piperidine rings is 1. The molecule has 17 heavy (non-hydrogen) atoms. The molecular formula is C11H19BrN4S. The van der Waals surface area contributed by atoms with Crippen LogP contribution < -0.4 is 5.32 Å². The maximum Gasteiger partial charge on any atom is 0.206 e. The molecule has 0 spiro atoms. The van der Waals surface area contributed by atoms with Crippen LogP contribution in [0.1, 0.15) is 26.2 Å². The number of aromatic nitrogens is 2. The van der Waals surface area contributed by atoms with Gasteiger partial charge in [0.25, 0.3) is 0 Å². The van der Waals surface area contributed by atoms with E-state index in [1.165, 1.54) is 38.9 Å². The maximum absolute atomic E-state index is 4.03. The van der Waals surface area contributed by atoms with E-state index in [4.69, 9.17) is 0 Å². The molecule has 1 fully saturated rings. The molecule has 96 valence electrons. The van der Waals surface area contributed by atoms with Crippen LogP contribution in [0.5, 0.6) is 0 Å². The van der Waals surface area contributed by atoms with Crippen LogP contribution in [-0.4, -0.2) is 41.3 Å². The number of nitrogens with zero attached hydrogens (tertiary/aromatic N) is 3. The van der Waals surface area contributed by atoms with Crippen LogP contribution in [0.4, 0.5) is 5.13 Å². The monoisotopic (exact) mass is 318 g/mol. The topological polar surface area (TPSA) is 41.1 Å². The molecule has 4 nitrogen and oxygen atoms in total. The van der Waals surface area contributed by atoms with E-state index >= 15 is 0 Å². The third kappa shape index (κ3) is 4.52. The molecule has 0 amide bonds. The molecule has 1 saturated heterocycles. The Balaban J connectivity index is 1.68. The van der Waals surface area contributed by atoms with Crippen LogP contribution in [0.3, 0.4) is 0 Å². The van der Waals surface area contributed by atoms with Gasteiger partial charge in [0.05, 0.1) is 0 Å². The normalized spacial score (nSPS) is 19.2. The van der Waals surface area contributed by atoms with Crippen molar-refractivity contribution in [2.75, 3.05) is 31.5 Å². The van der Waals surface area contributed by atoms with Crippen LogP contribution in [-0.2, 0) is 0 Å². The van der Waals surface area contributed by atoms with Gasteiger partial charge in [0.1, 0.15) is 0 Å². The molecule has 1 aromatic rings. The number of likely N-dealkylation sites (tertiary alicyclic amines) is 1. The van der Waals surface area contributed by atoms with E-state index in [1.54, 1.807) is 11.3 Å². The number of hydrogen-bond donors (Lipinski definition) is 1. The summed E-state index contributed by atoms with van der Waals surface area (Å²) < 4.78 is 0.837. The fraction of sp³-hybridized carbons (Fsp3) is 0.818. The molecule has 0 aromatic carbocycles. The van der Waals surface area contributed by atoms with E-state index in [9.17, 15) is 0 Å². The predicted octanol–water partition coefficient (Wildman–Crippen LogP) is 2.83. The first kappa shape index (κ1) is 13.2. The lowest BCUT2D eigenvalue weighted by Crippen LogP contribution is -2.35. The van der Waals surface area contributed by atoms with Crippen molar-refractivity contribution in [2.45, 2.75) is 26.2 Å². The van der Waals surface area contributed by atoms with Gasteiger partial charge in [-0.15, -0.1) is 10.2 Å². The molecule has 1 atom stereocenters. The minimum Gasteiger partial charge on any atom is -0.360 e. The number of rotatable bonds is 5. The smallest absolute Gasteiger partial charge is 0.206 e. The first-order chi connectivity index (χ1) is 8.24. The third-order valence-corrected chi connectivity index (χ3v) is 4.33. The second-order valence-corrected chi connectivity index (χ2v) is 6.96. The Morgan fingerprint density at radius 1 is 1.35 bits per heavy atom. The quantitative estimate of drug-likeness (QED) is 0.906. The van der Waals surface area contributed by atoms with Crippen molar-refractivity contribution in [3.63, 3.8) is 0 Å². The highest BCUT2D eigenvalue weighted by molar-refractivity contribution is 9.11. The Kier molecular flexibility index (Phi) is 5.18. The Hall–Kier alpha value is -0.200. The number of nitrogens with one attached hydrogen (secondary N) is 1. The van der Waals surface area contributed by atoms with E-state index < -0.39 is 0 Å². The van der Waals surface area contributed by atoms with Crippen molar-refractivity contribution >= 4 is 32.4 Å². The third-order valence-electron chi connectivity index (χ3n) is 3.02. The van der Waals surface area contributed by atoms with Crippen molar-refractivity contribution < 1.29 is 0 Å². The zero-order chi connectivity index (χ0) is 12.1. The van der Waals surface area contributed by atoms with Crippen LogP contribution >= 0.6 is 27.3 Å². The minimum absolute atomic E-state index is 0.649. The van der Waals surface area contributed by atoms with Crippen LogP contribution in [0, 0.1) is 5.92 Å². The first-order valence-electron chi connectivity index (χ1n) is 6.19. The van der Waals surface area contributed by atoms with Crippen LogP contribution in [0.15, 0.2) is 3.92 Å². The van der Waals surface area contributed by atoms with Crippen molar-refractivity contribution in [1.29, 1.82) is 0 Å². The van der Waals surface area contributed by atoms with Gasteiger partial charge in [0, 0.05) is 13.1 Å². The molecule has 1 N–H and O–H groups in total. The largest absolute Gasteiger partial charge is 0.360 e. The fourth-order valence-electron chi connectivity index (χ4n) is 2.19. The lowest BCUT2D eigenvalue weighted by atomic mass is 10.1. The number of anilines is 1. The van der Waals surface area contributed by atoms with Crippen LogP contribution in [0.25, 0.3) is 0 Å². The van der Waals surface area contributed by atoms with Gasteiger partial charge < -0.3 is 10.2 Å². The van der Waals surface area contributed by atoms with Gasteiger partial charge in [-0.3, -0.25) is 0 Å². The summed E-state index contributed by atoms with van der Waals surface area (Å²) in [4.78, 5) is 2.58. The molecule has 2 heterocycles. The lowest BCUT2D eigenvalue weighted by molar-refractivity contribution is 0.204. The summed E-state index contributed by atoms with van der Waals surface area (Å²) in [5, 5.41) is 12.2. The molecule has 1 unspecified atom stereocenters. The molecule has 1 aliphatic rings. The highest BCUT2D eigenvalue weighted by Gasteiger charge is 2.13. The van der Waals surface area contributed by atoms with Crippen molar-refractivity contribution in [3.05, 3.63) is 3.92 Å². The van der Waals surface area contributed by atoms with Gasteiger partial charge in [0.2, 0.25) is 5.13 Å². The van der Waals surface area contributed by atoms with E-state index in [0.717, 1.165) is 15.6 Å². The maximum atomic E-state index is 4.03. The summed E-state index contributed by atoms with van der Waals surface area (Å²) in [6.07, 6.45) is 4.13. The minimum atomic E-state index is 0.649. The molecule has 0 saturated carbocycles. The van der Waals surface area contributed by atoms with Crippen LogP contribution in [0.2, 0.25) is 0 Å². The van der Waals surface area contributed by atoms with E-state index in [1.807, 2.05) is 0 Å². The molecule has 0 bridgehead atoms. The molecule has 1 aromatic heterocycles. The van der Waals surface area contributed by atoms with Crippen molar-refractivity contribution in [3.8, 4) is 0 Å². The zero-order valence-corrected chi connectivity index (χ0v) is 12.6. The molecule has 2 rings (SSSR count). The number of halogens is 1. The summed E-state index contributed by atoms with van der Waals surface area (Å²) in [5.41, 5.74) is 0. The van der Waals surface area contributed by atoms with Gasteiger partial charge in [-0.25, -0.2) is 0 Å². The van der Waals surface area contributed by atoms with Crippen molar-refractivity contribution in [2.24, 2.45) is 5.92 Å². The summed E-state index contributed by atoms with van der Waals surface area (Å²) >= 11 is 4.86. The van der Waals surface area contributed by atoms with E-state index in [-0.39, 0.29) is 0 Å². The molecule has 1 aliphatic heterocycles. The van der Waals surface area contributed by atoms with Crippen molar-refractivity contribution in [1.82, 2.24) is 15.1 Å². The first-order valence-corrected chi connectivity index (χ1v) is 7.80. The number of hydrogen-bond acceptors (Lipinski definition) is 5. The Morgan fingerprint density at radius 3 is 2.76 bits per heavy atom. The molecule has 0 radical (unpaired) electrons. The molecule has 6 heteroatoms. The van der Waals surface area contributed by atoms with Gasteiger partial charge in [-0.2, -0.15) is 0 Å². The Labute approximate surface area is 115 Å². The summed E-state index contributed by atoms with van der Waals surface area (Å²) in [5.74, 6) is 0.649. The summed E-state index contributed by atoms with van der Waals surface area (Å²) in [6.45, 7) is 6.99. The standard InChI is InChI=1S/C11H19BrN4S/c1-9(8-16-5-3-2-4-6-16)7-13-11-15-14-10(12)17-11/h9H,2-8H2,1H3,(H,13,15). The van der Waals surface area contributed by atoms with Gasteiger partial charge in [-0.1, -0.05) is 24.7 Å². The lowest BCUT2D eigenvalue weighted by Gasteiger charge is -2.29. The highest BCUT2D eigenvalue weighted by atomic mass is 79.9.